The highest BCUT2D eigenvalue weighted by molar-refractivity contribution is 5.14. The van der Waals surface area contributed by atoms with Gasteiger partial charge in [-0.1, -0.05) is 27.2 Å². The first-order valence-corrected chi connectivity index (χ1v) is 6.56. The zero-order valence-corrected chi connectivity index (χ0v) is 11.2. The van der Waals surface area contributed by atoms with Crippen LogP contribution in [0.2, 0.25) is 0 Å². The maximum atomic E-state index is 3.52. The molecule has 0 bridgehead atoms. The van der Waals surface area contributed by atoms with E-state index in [0.29, 0.717) is 6.04 Å². The van der Waals surface area contributed by atoms with Crippen LogP contribution in [-0.4, -0.2) is 11.1 Å². The largest absolute Gasteiger partial charge is 0.354 e. The van der Waals surface area contributed by atoms with Gasteiger partial charge in [0, 0.05) is 25.0 Å². The van der Waals surface area contributed by atoms with E-state index in [0.717, 1.165) is 19.0 Å². The normalized spacial score (nSPS) is 15.0. The molecule has 2 atom stereocenters. The predicted molar refractivity (Wildman–Crippen MR) is 70.6 cm³/mol. The number of nitrogens with zero attached hydrogens (tertiary/aromatic N) is 1. The van der Waals surface area contributed by atoms with Crippen LogP contribution in [0, 0.1) is 5.92 Å². The summed E-state index contributed by atoms with van der Waals surface area (Å²) in [6, 6.07) is 2.70. The van der Waals surface area contributed by atoms with Crippen LogP contribution in [-0.2, 0) is 6.54 Å². The summed E-state index contributed by atoms with van der Waals surface area (Å²) in [4.78, 5) is 0. The van der Waals surface area contributed by atoms with Crippen molar-refractivity contribution in [1.82, 2.24) is 9.88 Å². The molecule has 0 amide bonds. The van der Waals surface area contributed by atoms with E-state index < -0.39 is 0 Å². The average molecular weight is 222 g/mol. The summed E-state index contributed by atoms with van der Waals surface area (Å²) in [7, 11) is 0. The number of nitrogens with one attached hydrogen (secondary N) is 1. The molecule has 2 heteroatoms. The van der Waals surface area contributed by atoms with Crippen LogP contribution in [0.5, 0.6) is 0 Å². The summed E-state index contributed by atoms with van der Waals surface area (Å²) in [6.45, 7) is 11.2. The molecule has 1 N–H and O–H groups in total. The van der Waals surface area contributed by atoms with Gasteiger partial charge in [-0.15, -0.1) is 0 Å². The van der Waals surface area contributed by atoms with E-state index in [1.54, 1.807) is 0 Å². The van der Waals surface area contributed by atoms with Crippen LogP contribution in [0.3, 0.4) is 0 Å². The Morgan fingerprint density at radius 2 is 2.06 bits per heavy atom. The van der Waals surface area contributed by atoms with Crippen LogP contribution >= 0.6 is 0 Å². The van der Waals surface area contributed by atoms with Gasteiger partial charge < -0.3 is 9.88 Å². The first kappa shape index (κ1) is 13.3. The smallest absolute Gasteiger partial charge is 0.0306 e. The van der Waals surface area contributed by atoms with Gasteiger partial charge in [0.05, 0.1) is 0 Å². The minimum absolute atomic E-state index is 0.470. The summed E-state index contributed by atoms with van der Waals surface area (Å²) in [5, 5.41) is 3.52. The molecular weight excluding hydrogens is 196 g/mol. The Balaban J connectivity index is 2.50. The van der Waals surface area contributed by atoms with E-state index in [1.165, 1.54) is 18.4 Å². The molecule has 16 heavy (non-hydrogen) atoms. The molecule has 92 valence electrons. The summed E-state index contributed by atoms with van der Waals surface area (Å²) in [5.74, 6) is 0.763. The zero-order chi connectivity index (χ0) is 12.0. The Kier molecular flexibility index (Phi) is 5.61. The van der Waals surface area contributed by atoms with Crippen LogP contribution in [0.4, 0.5) is 0 Å². The van der Waals surface area contributed by atoms with Gasteiger partial charge in [-0.3, -0.25) is 0 Å². The fraction of sp³-hybridized carbons (Fsp3) is 0.714. The molecule has 1 heterocycles. The lowest BCUT2D eigenvalue weighted by molar-refractivity contribution is 0.468. The second-order valence-corrected chi connectivity index (χ2v) is 4.83. The maximum Gasteiger partial charge on any atom is 0.0306 e. The summed E-state index contributed by atoms with van der Waals surface area (Å²) in [6.07, 6.45) is 6.92. The lowest BCUT2D eigenvalue weighted by Crippen LogP contribution is -2.18. The Hall–Kier alpha value is -0.760. The lowest BCUT2D eigenvalue weighted by atomic mass is 10.1. The zero-order valence-electron chi connectivity index (χ0n) is 11.2. The molecule has 0 aromatic carbocycles. The van der Waals surface area contributed by atoms with Crippen molar-refractivity contribution in [2.24, 2.45) is 5.92 Å². The fourth-order valence-electron chi connectivity index (χ4n) is 1.80. The number of aromatic nitrogens is 1. The van der Waals surface area contributed by atoms with Crippen LogP contribution in [0.25, 0.3) is 0 Å². The van der Waals surface area contributed by atoms with Crippen molar-refractivity contribution in [3.63, 3.8) is 0 Å². The molecule has 0 saturated carbocycles. The Morgan fingerprint density at radius 1 is 1.31 bits per heavy atom. The summed E-state index contributed by atoms with van der Waals surface area (Å²) < 4.78 is 2.31. The first-order chi connectivity index (χ1) is 7.67. The third kappa shape index (κ3) is 4.01. The van der Waals surface area contributed by atoms with E-state index in [-0.39, 0.29) is 0 Å². The highest BCUT2D eigenvalue weighted by Crippen LogP contribution is 2.14. The number of rotatable bonds is 7. The third-order valence-corrected chi connectivity index (χ3v) is 3.19. The van der Waals surface area contributed by atoms with E-state index in [9.17, 15) is 0 Å². The van der Waals surface area contributed by atoms with Crippen molar-refractivity contribution in [3.8, 4) is 0 Å². The quantitative estimate of drug-likeness (QED) is 0.746. The summed E-state index contributed by atoms with van der Waals surface area (Å²) >= 11 is 0. The highest BCUT2D eigenvalue weighted by Gasteiger charge is 2.06. The average Bonchev–Trinajstić information content (AvgIpc) is 2.74. The van der Waals surface area contributed by atoms with E-state index in [4.69, 9.17) is 0 Å². The molecular formula is C14H26N2. The summed E-state index contributed by atoms with van der Waals surface area (Å²) in [5.41, 5.74) is 1.40. The second-order valence-electron chi connectivity index (χ2n) is 4.83. The molecule has 0 saturated heterocycles. The fourth-order valence-corrected chi connectivity index (χ4v) is 1.80. The van der Waals surface area contributed by atoms with Crippen molar-refractivity contribution < 1.29 is 0 Å². The first-order valence-electron chi connectivity index (χ1n) is 6.56. The maximum absolute atomic E-state index is 3.52. The Bertz CT molecular complexity index is 291. The molecule has 2 nitrogen and oxygen atoms in total. The SMILES string of the molecule is CCCNC(C)c1ccn(CC(C)CC)c1. The van der Waals surface area contributed by atoms with Gasteiger partial charge in [-0.2, -0.15) is 0 Å². The van der Waals surface area contributed by atoms with Crippen molar-refractivity contribution in [1.29, 1.82) is 0 Å². The second kappa shape index (κ2) is 6.74. The van der Waals surface area contributed by atoms with Gasteiger partial charge in [0.1, 0.15) is 0 Å². The molecule has 1 rings (SSSR count). The van der Waals surface area contributed by atoms with Crippen molar-refractivity contribution >= 4 is 0 Å². The van der Waals surface area contributed by atoms with E-state index in [2.05, 4.69) is 56.0 Å². The van der Waals surface area contributed by atoms with Crippen molar-refractivity contribution in [3.05, 3.63) is 24.0 Å². The minimum atomic E-state index is 0.470. The van der Waals surface area contributed by atoms with Crippen molar-refractivity contribution in [2.45, 2.75) is 53.1 Å². The molecule has 0 fully saturated rings. The lowest BCUT2D eigenvalue weighted by Gasteiger charge is -2.12. The third-order valence-electron chi connectivity index (χ3n) is 3.19. The molecule has 0 radical (unpaired) electrons. The molecule has 0 aliphatic carbocycles. The van der Waals surface area contributed by atoms with Crippen LogP contribution in [0.1, 0.15) is 52.1 Å². The molecule has 1 aromatic heterocycles. The van der Waals surface area contributed by atoms with Crippen LogP contribution in [0.15, 0.2) is 18.5 Å². The molecule has 1 aromatic rings. The number of hydrogen-bond donors (Lipinski definition) is 1. The Morgan fingerprint density at radius 3 is 2.69 bits per heavy atom. The van der Waals surface area contributed by atoms with Gasteiger partial charge in [0.2, 0.25) is 0 Å². The molecule has 0 spiro atoms. The number of hydrogen-bond acceptors (Lipinski definition) is 1. The van der Waals surface area contributed by atoms with Crippen LogP contribution < -0.4 is 5.32 Å². The van der Waals surface area contributed by atoms with E-state index in [1.807, 2.05) is 0 Å². The predicted octanol–water partition coefficient (Wildman–Crippen LogP) is 3.59. The minimum Gasteiger partial charge on any atom is -0.354 e. The van der Waals surface area contributed by atoms with Gasteiger partial charge in [-0.05, 0) is 37.4 Å². The molecule has 0 aliphatic rings. The van der Waals surface area contributed by atoms with Gasteiger partial charge in [0.25, 0.3) is 0 Å². The highest BCUT2D eigenvalue weighted by atomic mass is 15.0. The topological polar surface area (TPSA) is 17.0 Å². The van der Waals surface area contributed by atoms with Crippen molar-refractivity contribution in [2.75, 3.05) is 6.54 Å². The standard InChI is InChI=1S/C14H26N2/c1-5-8-15-13(4)14-7-9-16(11-14)10-12(3)6-2/h7,9,11-13,15H,5-6,8,10H2,1-4H3. The van der Waals surface area contributed by atoms with Gasteiger partial charge in [0.15, 0.2) is 0 Å². The molecule has 0 aliphatic heterocycles. The monoisotopic (exact) mass is 222 g/mol. The molecule has 2 unspecified atom stereocenters. The van der Waals surface area contributed by atoms with Gasteiger partial charge in [-0.25, -0.2) is 0 Å². The Labute approximate surface area is 100 Å². The van der Waals surface area contributed by atoms with Gasteiger partial charge >= 0.3 is 0 Å². The van der Waals surface area contributed by atoms with E-state index >= 15 is 0 Å².